The Hall–Kier alpha value is -2.95. The van der Waals surface area contributed by atoms with Gasteiger partial charge < -0.3 is 19.5 Å². The Kier molecular flexibility index (Phi) is 5.23. The van der Waals surface area contributed by atoms with Crippen LogP contribution in [0.4, 0.5) is 0 Å². The molecule has 1 aliphatic rings. The summed E-state index contributed by atoms with van der Waals surface area (Å²) in [6, 6.07) is 13.2. The lowest BCUT2D eigenvalue weighted by atomic mass is 10.0. The number of ether oxygens (including phenoxy) is 3. The molecule has 5 heteroatoms. The number of methoxy groups -OCH3 is 2. The van der Waals surface area contributed by atoms with Crippen LogP contribution in [-0.2, 0) is 4.79 Å². The number of fused-ring (bicyclic) bond motifs is 1. The molecule has 25 heavy (non-hydrogen) atoms. The minimum Gasteiger partial charge on any atom is -0.497 e. The molecule has 0 aromatic heterocycles. The number of carbonyl (C=O) groups excluding carboxylic acids is 1. The van der Waals surface area contributed by atoms with Crippen molar-refractivity contribution in [3.63, 3.8) is 0 Å². The number of rotatable bonds is 5. The molecular formula is C20H21NO4. The molecule has 1 N–H and O–H groups in total. The van der Waals surface area contributed by atoms with Gasteiger partial charge in [-0.25, -0.2) is 0 Å². The Morgan fingerprint density at radius 1 is 1.20 bits per heavy atom. The lowest BCUT2D eigenvalue weighted by molar-refractivity contribution is -0.117. The van der Waals surface area contributed by atoms with E-state index in [1.807, 2.05) is 42.5 Å². The van der Waals surface area contributed by atoms with Gasteiger partial charge in [-0.1, -0.05) is 18.2 Å². The fourth-order valence-electron chi connectivity index (χ4n) is 2.85. The molecule has 1 unspecified atom stereocenters. The van der Waals surface area contributed by atoms with Gasteiger partial charge in [-0.2, -0.15) is 0 Å². The second-order valence-electron chi connectivity index (χ2n) is 5.68. The number of para-hydroxylation sites is 1. The number of benzene rings is 2. The first-order valence-electron chi connectivity index (χ1n) is 8.13. The molecule has 1 heterocycles. The summed E-state index contributed by atoms with van der Waals surface area (Å²) in [6.07, 6.45) is 3.98. The average Bonchev–Trinajstić information content (AvgIpc) is 2.66. The van der Waals surface area contributed by atoms with Crippen LogP contribution in [0, 0.1) is 0 Å². The third-order valence-electron chi connectivity index (χ3n) is 4.13. The number of nitrogens with one attached hydrogen (secondary N) is 1. The summed E-state index contributed by atoms with van der Waals surface area (Å²) < 4.78 is 16.2. The van der Waals surface area contributed by atoms with E-state index < -0.39 is 0 Å². The molecule has 2 aromatic carbocycles. The lowest BCUT2D eigenvalue weighted by Crippen LogP contribution is -2.30. The highest BCUT2D eigenvalue weighted by atomic mass is 16.5. The van der Waals surface area contributed by atoms with Crippen molar-refractivity contribution in [3.05, 3.63) is 59.7 Å². The summed E-state index contributed by atoms with van der Waals surface area (Å²) in [7, 11) is 3.20. The number of hydrogen-bond acceptors (Lipinski definition) is 4. The van der Waals surface area contributed by atoms with Gasteiger partial charge in [0.1, 0.15) is 17.2 Å². The van der Waals surface area contributed by atoms with Crippen molar-refractivity contribution in [2.75, 3.05) is 20.8 Å². The Balaban J connectivity index is 1.72. The second kappa shape index (κ2) is 7.75. The summed E-state index contributed by atoms with van der Waals surface area (Å²) >= 11 is 0. The predicted molar refractivity (Wildman–Crippen MR) is 96.0 cm³/mol. The van der Waals surface area contributed by atoms with E-state index in [4.69, 9.17) is 14.2 Å². The maximum Gasteiger partial charge on any atom is 0.244 e. The van der Waals surface area contributed by atoms with Crippen molar-refractivity contribution in [1.29, 1.82) is 0 Å². The van der Waals surface area contributed by atoms with Crippen molar-refractivity contribution in [1.82, 2.24) is 5.32 Å². The predicted octanol–water partition coefficient (Wildman–Crippen LogP) is 3.36. The first-order chi connectivity index (χ1) is 12.2. The Morgan fingerprint density at radius 3 is 2.84 bits per heavy atom. The normalized spacial score (nSPS) is 16.0. The summed E-state index contributed by atoms with van der Waals surface area (Å²) in [5.74, 6) is 2.06. The summed E-state index contributed by atoms with van der Waals surface area (Å²) in [6.45, 7) is 0.593. The van der Waals surface area contributed by atoms with E-state index in [1.54, 1.807) is 20.3 Å². The van der Waals surface area contributed by atoms with Gasteiger partial charge in [0.15, 0.2) is 0 Å². The molecule has 0 spiro atoms. The molecule has 1 atom stereocenters. The number of amides is 1. The van der Waals surface area contributed by atoms with Crippen LogP contribution in [-0.4, -0.2) is 26.7 Å². The standard InChI is InChI=1S/C20H21NO4/c1-23-15-8-9-18(24-2)14(13-15)7-10-20(22)21-17-11-12-25-19-6-4-3-5-16(17)19/h3-10,13,17H,11-12H2,1-2H3,(H,21,22)/b10-7+. The van der Waals surface area contributed by atoms with Crippen LogP contribution < -0.4 is 19.5 Å². The molecule has 1 amide bonds. The molecule has 130 valence electrons. The van der Waals surface area contributed by atoms with Crippen LogP contribution in [0.15, 0.2) is 48.5 Å². The fourth-order valence-corrected chi connectivity index (χ4v) is 2.85. The first kappa shape index (κ1) is 16.9. The maximum atomic E-state index is 12.3. The van der Waals surface area contributed by atoms with E-state index >= 15 is 0 Å². The van der Waals surface area contributed by atoms with Crippen molar-refractivity contribution in [2.24, 2.45) is 0 Å². The minimum absolute atomic E-state index is 0.0469. The zero-order valence-corrected chi connectivity index (χ0v) is 14.3. The number of carbonyl (C=O) groups is 1. The molecular weight excluding hydrogens is 318 g/mol. The summed E-state index contributed by atoms with van der Waals surface area (Å²) in [5, 5.41) is 3.03. The highest BCUT2D eigenvalue weighted by Crippen LogP contribution is 2.31. The quantitative estimate of drug-likeness (QED) is 0.849. The van der Waals surface area contributed by atoms with Gasteiger partial charge in [0.05, 0.1) is 26.9 Å². The largest absolute Gasteiger partial charge is 0.497 e. The molecule has 0 saturated carbocycles. The van der Waals surface area contributed by atoms with Crippen LogP contribution in [0.5, 0.6) is 17.2 Å². The monoisotopic (exact) mass is 339 g/mol. The van der Waals surface area contributed by atoms with E-state index in [0.717, 1.165) is 23.3 Å². The van der Waals surface area contributed by atoms with Gasteiger partial charge >= 0.3 is 0 Å². The highest BCUT2D eigenvalue weighted by molar-refractivity contribution is 5.92. The molecule has 0 fully saturated rings. The van der Waals surface area contributed by atoms with Gasteiger partial charge in [0.25, 0.3) is 0 Å². The Bertz CT molecular complexity index is 785. The molecule has 0 bridgehead atoms. The number of hydrogen-bond donors (Lipinski definition) is 1. The van der Waals surface area contributed by atoms with E-state index in [0.29, 0.717) is 18.1 Å². The maximum absolute atomic E-state index is 12.3. The van der Waals surface area contributed by atoms with Crippen LogP contribution in [0.2, 0.25) is 0 Å². The van der Waals surface area contributed by atoms with Gasteiger partial charge in [-0.15, -0.1) is 0 Å². The summed E-state index contributed by atoms with van der Waals surface area (Å²) in [4.78, 5) is 12.3. The van der Waals surface area contributed by atoms with Crippen molar-refractivity contribution < 1.29 is 19.0 Å². The summed E-state index contributed by atoms with van der Waals surface area (Å²) in [5.41, 5.74) is 1.79. The zero-order chi connectivity index (χ0) is 17.6. The third-order valence-corrected chi connectivity index (χ3v) is 4.13. The van der Waals surface area contributed by atoms with Gasteiger partial charge in [0, 0.05) is 23.6 Å². The Labute approximate surface area is 147 Å². The molecule has 3 rings (SSSR count). The van der Waals surface area contributed by atoms with Crippen LogP contribution in [0.25, 0.3) is 6.08 Å². The molecule has 2 aromatic rings. The van der Waals surface area contributed by atoms with E-state index in [2.05, 4.69) is 5.32 Å². The second-order valence-corrected chi connectivity index (χ2v) is 5.68. The Morgan fingerprint density at radius 2 is 2.04 bits per heavy atom. The van der Waals surface area contributed by atoms with Crippen molar-refractivity contribution >= 4 is 12.0 Å². The smallest absolute Gasteiger partial charge is 0.244 e. The van der Waals surface area contributed by atoms with Gasteiger partial charge in [0.2, 0.25) is 5.91 Å². The molecule has 0 aliphatic carbocycles. The zero-order valence-electron chi connectivity index (χ0n) is 14.3. The van der Waals surface area contributed by atoms with E-state index in [-0.39, 0.29) is 11.9 Å². The van der Waals surface area contributed by atoms with Crippen LogP contribution in [0.3, 0.4) is 0 Å². The molecule has 0 saturated heterocycles. The first-order valence-corrected chi connectivity index (χ1v) is 8.13. The van der Waals surface area contributed by atoms with Crippen LogP contribution in [0.1, 0.15) is 23.6 Å². The molecule has 0 radical (unpaired) electrons. The molecule has 1 aliphatic heterocycles. The van der Waals surface area contributed by atoms with Crippen molar-refractivity contribution in [3.8, 4) is 17.2 Å². The molecule has 5 nitrogen and oxygen atoms in total. The van der Waals surface area contributed by atoms with Gasteiger partial charge in [-0.3, -0.25) is 4.79 Å². The van der Waals surface area contributed by atoms with E-state index in [9.17, 15) is 4.79 Å². The van der Waals surface area contributed by atoms with E-state index in [1.165, 1.54) is 6.08 Å². The highest BCUT2D eigenvalue weighted by Gasteiger charge is 2.21. The van der Waals surface area contributed by atoms with Crippen LogP contribution >= 0.6 is 0 Å². The minimum atomic E-state index is -0.161. The third kappa shape index (κ3) is 3.94. The van der Waals surface area contributed by atoms with Gasteiger partial charge in [-0.05, 0) is 30.3 Å². The lowest BCUT2D eigenvalue weighted by Gasteiger charge is -2.26. The van der Waals surface area contributed by atoms with Crippen molar-refractivity contribution in [2.45, 2.75) is 12.5 Å². The topological polar surface area (TPSA) is 56.8 Å². The average molecular weight is 339 g/mol. The fraction of sp³-hybridized carbons (Fsp3) is 0.250. The SMILES string of the molecule is COc1ccc(OC)c(/C=C/C(=O)NC2CCOc3ccccc32)c1.